The van der Waals surface area contributed by atoms with Gasteiger partial charge in [-0.2, -0.15) is 0 Å². The second-order valence-corrected chi connectivity index (χ2v) is 9.09. The maximum atomic E-state index is 13.8. The van der Waals surface area contributed by atoms with E-state index in [-0.39, 0.29) is 29.4 Å². The first-order valence-corrected chi connectivity index (χ1v) is 12.6. The molecule has 4 aromatic rings. The largest absolute Gasteiger partial charge is 0.507 e. The average Bonchev–Trinajstić information content (AvgIpc) is 2.97. The van der Waals surface area contributed by atoms with Gasteiger partial charge >= 0.3 is 0 Å². The second kappa shape index (κ2) is 11.2. The third-order valence-corrected chi connectivity index (χ3v) is 6.79. The van der Waals surface area contributed by atoms with Crippen LogP contribution in [0, 0.1) is 0 Å². The van der Waals surface area contributed by atoms with Crippen molar-refractivity contribution in [2.75, 3.05) is 26.3 Å². The normalized spacial score (nSPS) is 13.4. The molecule has 1 amide bonds. The fraction of sp³-hybridized carbons (Fsp3) is 0.188. The molecule has 5 rings (SSSR count). The molecule has 0 aliphatic carbocycles. The summed E-state index contributed by atoms with van der Waals surface area (Å²) in [5.74, 6) is -0.300. The quantitative estimate of drug-likeness (QED) is 0.335. The van der Waals surface area contributed by atoms with Crippen LogP contribution < -0.4 is 0 Å². The predicted molar refractivity (Wildman–Crippen MR) is 145 cm³/mol. The van der Waals surface area contributed by atoms with Crippen molar-refractivity contribution in [2.45, 2.75) is 12.8 Å². The SMILES string of the molecule is O=C(c1ccccc1)c1c(-c2ccccc2)cc(-c2ccccc2)c(CCC(=O)N2CCOCC2)c1O. The van der Waals surface area contributed by atoms with Crippen LogP contribution in [0.15, 0.2) is 97.1 Å². The summed E-state index contributed by atoms with van der Waals surface area (Å²) in [6.45, 7) is 2.21. The van der Waals surface area contributed by atoms with Crippen LogP contribution in [0.2, 0.25) is 0 Å². The van der Waals surface area contributed by atoms with Gasteiger partial charge < -0.3 is 14.7 Å². The van der Waals surface area contributed by atoms with Gasteiger partial charge in [-0.3, -0.25) is 9.59 Å². The maximum absolute atomic E-state index is 13.8. The van der Waals surface area contributed by atoms with Crippen molar-refractivity contribution < 1.29 is 19.4 Å². The fourth-order valence-corrected chi connectivity index (χ4v) is 4.85. The third-order valence-electron chi connectivity index (χ3n) is 6.79. The van der Waals surface area contributed by atoms with Crippen LogP contribution in [-0.4, -0.2) is 48.0 Å². The zero-order chi connectivity index (χ0) is 25.6. The molecular formula is C32H29NO4. The molecule has 37 heavy (non-hydrogen) atoms. The van der Waals surface area contributed by atoms with Gasteiger partial charge in [0.1, 0.15) is 5.75 Å². The lowest BCUT2D eigenvalue weighted by atomic mass is 9.85. The highest BCUT2D eigenvalue weighted by Gasteiger charge is 2.26. The predicted octanol–water partition coefficient (Wildman–Crippen LogP) is 5.75. The molecule has 5 nitrogen and oxygen atoms in total. The Hall–Kier alpha value is -4.22. The van der Waals surface area contributed by atoms with Gasteiger partial charge in [0.25, 0.3) is 0 Å². The number of phenolic OH excluding ortho intramolecular Hbond substituents is 1. The summed E-state index contributed by atoms with van der Waals surface area (Å²) >= 11 is 0. The Morgan fingerprint density at radius 1 is 0.757 bits per heavy atom. The van der Waals surface area contributed by atoms with Gasteiger partial charge in [0, 0.05) is 30.6 Å². The number of amides is 1. The van der Waals surface area contributed by atoms with E-state index in [9.17, 15) is 14.7 Å². The molecule has 0 saturated carbocycles. The Kier molecular flexibility index (Phi) is 7.43. The van der Waals surface area contributed by atoms with E-state index in [1.807, 2.05) is 84.9 Å². The molecule has 186 valence electrons. The first-order chi connectivity index (χ1) is 18.1. The Morgan fingerprint density at radius 3 is 1.89 bits per heavy atom. The summed E-state index contributed by atoms with van der Waals surface area (Å²) in [7, 11) is 0. The molecule has 0 radical (unpaired) electrons. The van der Waals surface area contributed by atoms with E-state index in [0.717, 1.165) is 16.7 Å². The standard InChI is InChI=1S/C32H29NO4/c34-29(33-18-20-37-21-19-33)17-16-26-27(23-10-4-1-5-11-23)22-28(24-12-6-2-7-13-24)30(32(26)36)31(35)25-14-8-3-9-15-25/h1-15,22,36H,16-21H2. The minimum atomic E-state index is -0.252. The number of hydrogen-bond acceptors (Lipinski definition) is 4. The average molecular weight is 492 g/mol. The number of nitrogens with zero attached hydrogens (tertiary/aromatic N) is 1. The van der Waals surface area contributed by atoms with E-state index in [1.165, 1.54) is 0 Å². The van der Waals surface area contributed by atoms with Gasteiger partial charge in [-0.1, -0.05) is 91.0 Å². The Balaban J connectivity index is 1.65. The van der Waals surface area contributed by atoms with Crippen molar-refractivity contribution in [3.63, 3.8) is 0 Å². The number of carbonyl (C=O) groups excluding carboxylic acids is 2. The lowest BCUT2D eigenvalue weighted by Crippen LogP contribution is -2.40. The second-order valence-electron chi connectivity index (χ2n) is 9.09. The number of carbonyl (C=O) groups is 2. The number of aromatic hydroxyl groups is 1. The van der Waals surface area contributed by atoms with Crippen LogP contribution in [0.25, 0.3) is 22.3 Å². The van der Waals surface area contributed by atoms with Crippen molar-refractivity contribution in [1.29, 1.82) is 0 Å². The van der Waals surface area contributed by atoms with Crippen LogP contribution in [0.5, 0.6) is 5.75 Å². The van der Waals surface area contributed by atoms with Gasteiger partial charge in [0.2, 0.25) is 5.91 Å². The van der Waals surface area contributed by atoms with Crippen LogP contribution in [0.3, 0.4) is 0 Å². The summed E-state index contributed by atoms with van der Waals surface area (Å²) < 4.78 is 5.38. The first-order valence-electron chi connectivity index (χ1n) is 12.6. The maximum Gasteiger partial charge on any atom is 0.223 e. The highest BCUT2D eigenvalue weighted by Crippen LogP contribution is 2.41. The van der Waals surface area contributed by atoms with Crippen LogP contribution in [0.4, 0.5) is 0 Å². The van der Waals surface area contributed by atoms with E-state index in [0.29, 0.717) is 49.4 Å². The summed E-state index contributed by atoms with van der Waals surface area (Å²) in [5, 5.41) is 11.8. The van der Waals surface area contributed by atoms with E-state index >= 15 is 0 Å². The zero-order valence-corrected chi connectivity index (χ0v) is 20.6. The number of ether oxygens (including phenoxy) is 1. The molecule has 1 saturated heterocycles. The van der Waals surface area contributed by atoms with Crippen molar-refractivity contribution in [1.82, 2.24) is 4.90 Å². The van der Waals surface area contributed by atoms with Crippen LogP contribution in [-0.2, 0) is 16.0 Å². The van der Waals surface area contributed by atoms with Crippen molar-refractivity contribution in [3.8, 4) is 28.0 Å². The van der Waals surface area contributed by atoms with E-state index in [1.54, 1.807) is 17.0 Å². The molecule has 1 fully saturated rings. The van der Waals surface area contributed by atoms with Gasteiger partial charge in [-0.25, -0.2) is 0 Å². The molecular weight excluding hydrogens is 462 g/mol. The zero-order valence-electron chi connectivity index (χ0n) is 20.6. The summed E-state index contributed by atoms with van der Waals surface area (Å²) in [5.41, 5.74) is 4.59. The molecule has 0 spiro atoms. The topological polar surface area (TPSA) is 66.8 Å². The number of morpholine rings is 1. The molecule has 0 bridgehead atoms. The van der Waals surface area contributed by atoms with Crippen molar-refractivity contribution >= 4 is 11.7 Å². The summed E-state index contributed by atoms with van der Waals surface area (Å²) in [4.78, 5) is 28.6. The number of phenols is 1. The van der Waals surface area contributed by atoms with Crippen LogP contribution in [0.1, 0.15) is 27.9 Å². The third kappa shape index (κ3) is 5.32. The van der Waals surface area contributed by atoms with Gasteiger partial charge in [-0.15, -0.1) is 0 Å². The Bertz CT molecular complexity index is 1380. The minimum absolute atomic E-state index is 0.0183. The Labute approximate surface area is 217 Å². The number of benzene rings is 4. The first kappa shape index (κ1) is 24.5. The van der Waals surface area contributed by atoms with Crippen LogP contribution >= 0.6 is 0 Å². The van der Waals surface area contributed by atoms with E-state index in [2.05, 4.69) is 0 Å². The summed E-state index contributed by atoms with van der Waals surface area (Å²) in [6, 6.07) is 30.4. The lowest BCUT2D eigenvalue weighted by Gasteiger charge is -2.27. The van der Waals surface area contributed by atoms with Crippen molar-refractivity contribution in [3.05, 3.63) is 114 Å². The number of rotatable bonds is 7. The number of ketones is 1. The summed E-state index contributed by atoms with van der Waals surface area (Å²) in [6.07, 6.45) is 0.549. The van der Waals surface area contributed by atoms with E-state index < -0.39 is 0 Å². The molecule has 1 N–H and O–H groups in total. The van der Waals surface area contributed by atoms with Gasteiger partial charge in [0.15, 0.2) is 5.78 Å². The smallest absolute Gasteiger partial charge is 0.223 e. The Morgan fingerprint density at radius 2 is 1.30 bits per heavy atom. The molecule has 1 aliphatic rings. The molecule has 4 aromatic carbocycles. The molecule has 0 unspecified atom stereocenters. The molecule has 0 aromatic heterocycles. The number of hydrogen-bond donors (Lipinski definition) is 1. The van der Waals surface area contributed by atoms with E-state index in [4.69, 9.17) is 4.74 Å². The van der Waals surface area contributed by atoms with Gasteiger partial charge in [-0.05, 0) is 34.7 Å². The molecule has 1 heterocycles. The lowest BCUT2D eigenvalue weighted by molar-refractivity contribution is -0.135. The highest BCUT2D eigenvalue weighted by atomic mass is 16.5. The fourth-order valence-electron chi connectivity index (χ4n) is 4.85. The van der Waals surface area contributed by atoms with Crippen molar-refractivity contribution in [2.24, 2.45) is 0 Å². The highest BCUT2D eigenvalue weighted by molar-refractivity contribution is 6.15. The molecule has 5 heteroatoms. The monoisotopic (exact) mass is 491 g/mol. The molecule has 1 aliphatic heterocycles. The molecule has 0 atom stereocenters. The van der Waals surface area contributed by atoms with Gasteiger partial charge in [0.05, 0.1) is 18.8 Å². The minimum Gasteiger partial charge on any atom is -0.507 e.